The quantitative estimate of drug-likeness (QED) is 0.424. The molecule has 4 heterocycles. The monoisotopic (exact) mass is 425 g/mol. The SMILES string of the molecule is C[C@@H]1CNc2c(sc3ccc4nc(-c5cc(Cl)nc(CO)n5)ccc4c23)C(=O)N1. The van der Waals surface area contributed by atoms with E-state index in [1.165, 1.54) is 11.3 Å². The fraction of sp³-hybridized carbons (Fsp3) is 0.200. The molecule has 5 rings (SSSR count). The van der Waals surface area contributed by atoms with Crippen LogP contribution in [0.25, 0.3) is 32.4 Å². The zero-order valence-corrected chi connectivity index (χ0v) is 16.9. The molecule has 0 aliphatic carbocycles. The zero-order valence-electron chi connectivity index (χ0n) is 15.4. The van der Waals surface area contributed by atoms with Gasteiger partial charge in [0.05, 0.1) is 22.6 Å². The lowest BCUT2D eigenvalue weighted by Crippen LogP contribution is -2.34. The molecule has 4 aromatic rings. The third kappa shape index (κ3) is 3.09. The van der Waals surface area contributed by atoms with Crippen molar-refractivity contribution in [2.24, 2.45) is 0 Å². The molecule has 0 saturated carbocycles. The Morgan fingerprint density at radius 1 is 1.21 bits per heavy atom. The molecular weight excluding hydrogens is 410 g/mol. The fourth-order valence-corrected chi connectivity index (χ4v) is 4.83. The Balaban J connectivity index is 1.70. The highest BCUT2D eigenvalue weighted by Crippen LogP contribution is 2.41. The number of nitrogens with one attached hydrogen (secondary N) is 2. The van der Waals surface area contributed by atoms with Crippen LogP contribution in [0.15, 0.2) is 30.3 Å². The van der Waals surface area contributed by atoms with Gasteiger partial charge in [0, 0.05) is 34.1 Å². The van der Waals surface area contributed by atoms with Crippen LogP contribution in [0.3, 0.4) is 0 Å². The summed E-state index contributed by atoms with van der Waals surface area (Å²) in [7, 11) is 0. The van der Waals surface area contributed by atoms with Gasteiger partial charge in [-0.25, -0.2) is 15.0 Å². The number of fused-ring (bicyclic) bond motifs is 5. The Labute approximate surface area is 174 Å². The average Bonchev–Trinajstić information content (AvgIpc) is 3.04. The van der Waals surface area contributed by atoms with Crippen LogP contribution in [0.2, 0.25) is 5.15 Å². The number of pyridine rings is 1. The van der Waals surface area contributed by atoms with Gasteiger partial charge in [-0.1, -0.05) is 11.6 Å². The summed E-state index contributed by atoms with van der Waals surface area (Å²) in [4.78, 5) is 26.3. The third-order valence-electron chi connectivity index (χ3n) is 4.84. The van der Waals surface area contributed by atoms with Gasteiger partial charge in [-0.3, -0.25) is 4.79 Å². The highest BCUT2D eigenvalue weighted by molar-refractivity contribution is 7.21. The average molecular weight is 426 g/mol. The van der Waals surface area contributed by atoms with Gasteiger partial charge >= 0.3 is 0 Å². The molecule has 146 valence electrons. The molecule has 0 radical (unpaired) electrons. The molecule has 0 bridgehead atoms. The van der Waals surface area contributed by atoms with Crippen molar-refractivity contribution in [2.45, 2.75) is 19.6 Å². The number of carbonyl (C=O) groups excluding carboxylic acids is 1. The lowest BCUT2D eigenvalue weighted by Gasteiger charge is -2.10. The number of anilines is 1. The molecule has 0 saturated heterocycles. The number of thiophene rings is 1. The summed E-state index contributed by atoms with van der Waals surface area (Å²) in [6.45, 7) is 2.34. The van der Waals surface area contributed by atoms with Crippen LogP contribution in [0.1, 0.15) is 22.4 Å². The van der Waals surface area contributed by atoms with Gasteiger partial charge in [-0.05, 0) is 31.2 Å². The summed E-state index contributed by atoms with van der Waals surface area (Å²) < 4.78 is 1.03. The number of aliphatic hydroxyl groups excluding tert-OH is 1. The molecule has 29 heavy (non-hydrogen) atoms. The van der Waals surface area contributed by atoms with Crippen LogP contribution < -0.4 is 10.6 Å². The van der Waals surface area contributed by atoms with E-state index < -0.39 is 0 Å². The molecule has 0 unspecified atom stereocenters. The summed E-state index contributed by atoms with van der Waals surface area (Å²) in [6, 6.07) is 9.45. The normalized spacial score (nSPS) is 16.4. The lowest BCUT2D eigenvalue weighted by molar-refractivity contribution is 0.0949. The van der Waals surface area contributed by atoms with Crippen molar-refractivity contribution in [1.29, 1.82) is 0 Å². The van der Waals surface area contributed by atoms with Crippen LogP contribution in [0.5, 0.6) is 0 Å². The van der Waals surface area contributed by atoms with Gasteiger partial charge in [0.25, 0.3) is 5.91 Å². The van der Waals surface area contributed by atoms with Gasteiger partial charge < -0.3 is 15.7 Å². The minimum absolute atomic E-state index is 0.0522. The highest BCUT2D eigenvalue weighted by Gasteiger charge is 2.24. The third-order valence-corrected chi connectivity index (χ3v) is 6.18. The Morgan fingerprint density at radius 2 is 2.07 bits per heavy atom. The van der Waals surface area contributed by atoms with Crippen molar-refractivity contribution in [3.8, 4) is 11.4 Å². The molecule has 1 atom stereocenters. The van der Waals surface area contributed by atoms with E-state index in [0.29, 0.717) is 22.8 Å². The van der Waals surface area contributed by atoms with Crippen molar-refractivity contribution in [3.05, 3.63) is 46.2 Å². The summed E-state index contributed by atoms with van der Waals surface area (Å²) in [6.07, 6.45) is 0. The molecule has 3 N–H and O–H groups in total. The van der Waals surface area contributed by atoms with E-state index in [9.17, 15) is 9.90 Å². The van der Waals surface area contributed by atoms with Crippen molar-refractivity contribution in [1.82, 2.24) is 20.3 Å². The number of amides is 1. The number of halogens is 1. The minimum Gasteiger partial charge on any atom is -0.388 e. The van der Waals surface area contributed by atoms with Crippen molar-refractivity contribution in [2.75, 3.05) is 11.9 Å². The molecule has 1 aliphatic rings. The number of hydrogen-bond donors (Lipinski definition) is 3. The maximum absolute atomic E-state index is 12.5. The van der Waals surface area contributed by atoms with E-state index in [4.69, 9.17) is 16.6 Å². The number of aromatic nitrogens is 3. The molecule has 0 fully saturated rings. The number of nitrogens with zero attached hydrogens (tertiary/aromatic N) is 3. The van der Waals surface area contributed by atoms with Crippen molar-refractivity contribution in [3.63, 3.8) is 0 Å². The fourth-order valence-electron chi connectivity index (χ4n) is 3.53. The van der Waals surface area contributed by atoms with E-state index in [-0.39, 0.29) is 29.5 Å². The standard InChI is InChI=1S/C20H16ClN5O2S/c1-9-7-22-18-17-10-2-3-12(13-6-15(21)26-16(8-27)25-13)24-11(10)4-5-14(17)29-19(18)20(28)23-9/h2-6,9,22,27H,7-8H2,1H3,(H,23,28)/t9-/m1/s1. The van der Waals surface area contributed by atoms with E-state index in [2.05, 4.69) is 20.6 Å². The summed E-state index contributed by atoms with van der Waals surface area (Å²) in [5.74, 6) is 0.195. The maximum atomic E-state index is 12.5. The molecule has 1 amide bonds. The zero-order chi connectivity index (χ0) is 20.1. The van der Waals surface area contributed by atoms with Gasteiger partial charge in [-0.2, -0.15) is 0 Å². The minimum atomic E-state index is -0.297. The predicted octanol–water partition coefficient (Wildman–Crippen LogP) is 3.60. The van der Waals surface area contributed by atoms with Crippen LogP contribution in [0.4, 0.5) is 5.69 Å². The molecule has 1 aliphatic heterocycles. The molecule has 0 spiro atoms. The maximum Gasteiger partial charge on any atom is 0.263 e. The van der Waals surface area contributed by atoms with Crippen LogP contribution in [-0.4, -0.2) is 38.6 Å². The Bertz CT molecular complexity index is 1290. The van der Waals surface area contributed by atoms with Crippen molar-refractivity contribution >= 4 is 55.5 Å². The smallest absolute Gasteiger partial charge is 0.263 e. The topological polar surface area (TPSA) is 100 Å². The summed E-state index contributed by atoms with van der Waals surface area (Å²) in [5.41, 5.74) is 2.83. The number of carbonyl (C=O) groups is 1. The lowest BCUT2D eigenvalue weighted by atomic mass is 10.1. The number of hydrogen-bond acceptors (Lipinski definition) is 7. The first-order valence-corrected chi connectivity index (χ1v) is 10.3. The largest absolute Gasteiger partial charge is 0.388 e. The highest BCUT2D eigenvalue weighted by atomic mass is 35.5. The van der Waals surface area contributed by atoms with Crippen LogP contribution in [0, 0.1) is 0 Å². The Morgan fingerprint density at radius 3 is 2.90 bits per heavy atom. The second-order valence-corrected chi connectivity index (χ2v) is 8.35. The summed E-state index contributed by atoms with van der Waals surface area (Å²) >= 11 is 7.52. The van der Waals surface area contributed by atoms with Gasteiger partial charge in [0.1, 0.15) is 16.6 Å². The van der Waals surface area contributed by atoms with E-state index >= 15 is 0 Å². The first-order chi connectivity index (χ1) is 14.0. The summed E-state index contributed by atoms with van der Waals surface area (Å²) in [5, 5.41) is 18.0. The molecule has 7 nitrogen and oxygen atoms in total. The van der Waals surface area contributed by atoms with E-state index in [1.54, 1.807) is 6.07 Å². The van der Waals surface area contributed by atoms with Crippen molar-refractivity contribution < 1.29 is 9.90 Å². The van der Waals surface area contributed by atoms with Gasteiger partial charge in [0.15, 0.2) is 5.82 Å². The number of rotatable bonds is 2. The molecule has 1 aromatic carbocycles. The van der Waals surface area contributed by atoms with E-state index in [1.807, 2.05) is 31.2 Å². The van der Waals surface area contributed by atoms with Crippen LogP contribution >= 0.6 is 22.9 Å². The Hall–Kier alpha value is -2.81. The number of benzene rings is 1. The predicted molar refractivity (Wildman–Crippen MR) is 115 cm³/mol. The first kappa shape index (κ1) is 18.2. The second kappa shape index (κ2) is 6.91. The van der Waals surface area contributed by atoms with Gasteiger partial charge in [0.2, 0.25) is 0 Å². The molecule has 9 heteroatoms. The van der Waals surface area contributed by atoms with Crippen LogP contribution in [-0.2, 0) is 6.61 Å². The first-order valence-electron chi connectivity index (χ1n) is 9.09. The Kier molecular flexibility index (Phi) is 4.34. The second-order valence-electron chi connectivity index (χ2n) is 6.91. The van der Waals surface area contributed by atoms with Gasteiger partial charge in [-0.15, -0.1) is 11.3 Å². The van der Waals surface area contributed by atoms with E-state index in [0.717, 1.165) is 26.7 Å². The molecule has 3 aromatic heterocycles. The number of aliphatic hydroxyl groups is 1. The molecular formula is C20H16ClN5O2S.